The predicted octanol–water partition coefficient (Wildman–Crippen LogP) is 5.72. The van der Waals surface area contributed by atoms with Crippen LogP contribution in [-0.2, 0) is 32.7 Å². The molecule has 1 saturated carbocycles. The zero-order valence-corrected chi connectivity index (χ0v) is 33.3. The SMILES string of the molecule is COc1cc(NCC(=O)NCCCc2cccc(C3(C(=O)OC4CN5CCC4CC5)CCCCC3)c2)c(Cl)cc1CNC[C@H](O)c1ccc(O)c2[nH]c(=O)ccc12. The summed E-state index contributed by atoms with van der Waals surface area (Å²) in [6, 6.07) is 17.9. The van der Waals surface area contributed by atoms with Crippen LogP contribution in [0.1, 0.15) is 79.7 Å². The summed E-state index contributed by atoms with van der Waals surface area (Å²) in [5, 5.41) is 31.4. The van der Waals surface area contributed by atoms with Gasteiger partial charge in [0.2, 0.25) is 11.5 Å². The lowest BCUT2D eigenvalue weighted by Gasteiger charge is -2.45. The van der Waals surface area contributed by atoms with Gasteiger partial charge < -0.3 is 40.6 Å². The molecule has 4 aliphatic rings. The van der Waals surface area contributed by atoms with Gasteiger partial charge in [-0.15, -0.1) is 0 Å². The third kappa shape index (κ3) is 9.41. The molecule has 0 spiro atoms. The van der Waals surface area contributed by atoms with E-state index in [-0.39, 0.29) is 47.9 Å². The van der Waals surface area contributed by atoms with Gasteiger partial charge in [0.15, 0.2) is 0 Å². The number of phenolic OH excluding ortho intramolecular Hbond substituents is 1. The summed E-state index contributed by atoms with van der Waals surface area (Å²) in [7, 11) is 1.55. The molecule has 6 N–H and O–H groups in total. The number of halogens is 1. The number of fused-ring (bicyclic) bond motifs is 4. The van der Waals surface area contributed by atoms with E-state index in [1.54, 1.807) is 31.4 Å². The van der Waals surface area contributed by atoms with Gasteiger partial charge in [-0.05, 0) is 92.4 Å². The average molecular weight is 800 g/mol. The summed E-state index contributed by atoms with van der Waals surface area (Å²) in [5.74, 6) is 0.758. The highest BCUT2D eigenvalue weighted by atomic mass is 35.5. The minimum Gasteiger partial charge on any atom is -0.506 e. The van der Waals surface area contributed by atoms with Crippen LogP contribution in [-0.4, -0.2) is 84.5 Å². The van der Waals surface area contributed by atoms with Crippen molar-refractivity contribution in [3.8, 4) is 11.5 Å². The van der Waals surface area contributed by atoms with E-state index in [1.807, 2.05) is 0 Å². The Balaban J connectivity index is 0.876. The summed E-state index contributed by atoms with van der Waals surface area (Å²) < 4.78 is 12.0. The van der Waals surface area contributed by atoms with Crippen LogP contribution in [0.4, 0.5) is 5.69 Å². The minimum absolute atomic E-state index is 0.00319. The number of aromatic amines is 1. The first kappa shape index (κ1) is 40.6. The highest BCUT2D eigenvalue weighted by molar-refractivity contribution is 6.33. The number of nitrogens with one attached hydrogen (secondary N) is 4. The average Bonchev–Trinajstić information content (AvgIpc) is 3.23. The van der Waals surface area contributed by atoms with E-state index in [9.17, 15) is 24.6 Å². The molecule has 4 aromatic rings. The Labute approximate surface area is 338 Å². The molecule has 1 amide bonds. The Hall–Kier alpha value is -4.62. The number of aryl methyl sites for hydroxylation is 1. The number of aromatic nitrogens is 1. The topological polar surface area (TPSA) is 165 Å². The van der Waals surface area contributed by atoms with Gasteiger partial charge in [0, 0.05) is 49.3 Å². The summed E-state index contributed by atoms with van der Waals surface area (Å²) in [6.07, 6.45) is 7.68. The summed E-state index contributed by atoms with van der Waals surface area (Å²) in [4.78, 5) is 43.6. The standard InChI is InChI=1S/C44H54ClN5O7/c1-56-38-23-35(34(45)22-30(38)24-46-25-37(52)32-10-12-36(51)42-33(32)11-13-40(53)49-42)48-26-41(54)47-18-6-8-28-7-5-9-31(21-28)44(16-3-2-4-17-44)43(55)57-39-27-50-19-14-29(39)15-20-50/h5,7,9-13,21-23,29,37,39,46,48,51-52H,2-4,6,8,14-20,24-27H2,1H3,(H,47,54)(H,49,53)/t37-,39?/m0/s1. The van der Waals surface area contributed by atoms with Crippen LogP contribution in [0, 0.1) is 5.92 Å². The molecule has 304 valence electrons. The van der Waals surface area contributed by atoms with Gasteiger partial charge in [-0.25, -0.2) is 0 Å². The number of aliphatic hydroxyl groups is 1. The zero-order valence-electron chi connectivity index (χ0n) is 32.6. The van der Waals surface area contributed by atoms with Crippen LogP contribution in [0.2, 0.25) is 5.02 Å². The number of anilines is 1. The number of ether oxygens (including phenoxy) is 2. The van der Waals surface area contributed by atoms with Gasteiger partial charge in [0.05, 0.1) is 41.4 Å². The number of phenols is 1. The molecule has 4 fully saturated rings. The third-order valence-electron chi connectivity index (χ3n) is 12.1. The third-order valence-corrected chi connectivity index (χ3v) is 12.4. The molecule has 3 aromatic carbocycles. The molecule has 1 aromatic heterocycles. The second kappa shape index (κ2) is 18.3. The van der Waals surface area contributed by atoms with Gasteiger partial charge in [-0.2, -0.15) is 0 Å². The van der Waals surface area contributed by atoms with Crippen molar-refractivity contribution in [2.75, 3.05) is 51.7 Å². The Morgan fingerprint density at radius 2 is 1.86 bits per heavy atom. The van der Waals surface area contributed by atoms with Crippen molar-refractivity contribution in [1.29, 1.82) is 0 Å². The van der Waals surface area contributed by atoms with Crippen molar-refractivity contribution in [2.45, 2.75) is 82.0 Å². The lowest BCUT2D eigenvalue weighted by atomic mass is 9.69. The van der Waals surface area contributed by atoms with Crippen molar-refractivity contribution < 1.29 is 29.3 Å². The Bertz CT molecular complexity index is 2110. The van der Waals surface area contributed by atoms with Crippen molar-refractivity contribution in [1.82, 2.24) is 20.5 Å². The number of amides is 1. The number of hydrogen-bond acceptors (Lipinski definition) is 10. The maximum atomic E-state index is 14.0. The molecule has 3 saturated heterocycles. The molecule has 1 aliphatic carbocycles. The normalized spacial score (nSPS) is 20.5. The molecule has 3 aliphatic heterocycles. The number of hydrogen-bond donors (Lipinski definition) is 6. The van der Waals surface area contributed by atoms with Gasteiger partial charge in [-0.3, -0.25) is 19.3 Å². The van der Waals surface area contributed by atoms with Crippen LogP contribution < -0.4 is 26.2 Å². The quantitative estimate of drug-likeness (QED) is 0.0611. The van der Waals surface area contributed by atoms with Crippen LogP contribution in [0.3, 0.4) is 0 Å². The molecule has 1 unspecified atom stereocenters. The summed E-state index contributed by atoms with van der Waals surface area (Å²) in [6.45, 7) is 4.14. The number of H-pyrrole nitrogens is 1. The van der Waals surface area contributed by atoms with E-state index < -0.39 is 11.5 Å². The Morgan fingerprint density at radius 1 is 1.05 bits per heavy atom. The second-order valence-electron chi connectivity index (χ2n) is 15.8. The van der Waals surface area contributed by atoms with Crippen LogP contribution in [0.15, 0.2) is 65.5 Å². The highest BCUT2D eigenvalue weighted by Gasteiger charge is 2.46. The molecule has 2 atom stereocenters. The van der Waals surface area contributed by atoms with Crippen molar-refractivity contribution in [3.63, 3.8) is 0 Å². The number of esters is 1. The molecule has 0 radical (unpaired) electrons. The van der Waals surface area contributed by atoms with Crippen molar-refractivity contribution >= 4 is 40.1 Å². The number of rotatable bonds is 16. The van der Waals surface area contributed by atoms with E-state index in [2.05, 4.69) is 50.1 Å². The molecular formula is C44H54ClN5O7. The molecule has 2 bridgehead atoms. The number of nitrogens with zero attached hydrogens (tertiary/aromatic N) is 1. The Morgan fingerprint density at radius 3 is 2.61 bits per heavy atom. The van der Waals surface area contributed by atoms with E-state index in [0.29, 0.717) is 46.4 Å². The number of carbonyl (C=O) groups is 2. The number of methoxy groups -OCH3 is 1. The fourth-order valence-electron chi connectivity index (χ4n) is 8.90. The molecular weight excluding hydrogens is 746 g/mol. The highest BCUT2D eigenvalue weighted by Crippen LogP contribution is 2.42. The summed E-state index contributed by atoms with van der Waals surface area (Å²) in [5.41, 5.74) is 3.42. The van der Waals surface area contributed by atoms with Crippen molar-refractivity contribution in [2.24, 2.45) is 5.92 Å². The number of pyridine rings is 1. The van der Waals surface area contributed by atoms with E-state index >= 15 is 0 Å². The van der Waals surface area contributed by atoms with Gasteiger partial charge in [0.1, 0.15) is 17.6 Å². The molecule has 57 heavy (non-hydrogen) atoms. The second-order valence-corrected chi connectivity index (χ2v) is 16.2. The minimum atomic E-state index is -0.922. The number of piperidine rings is 3. The molecule has 13 heteroatoms. The first-order valence-electron chi connectivity index (χ1n) is 20.3. The first-order chi connectivity index (χ1) is 27.6. The maximum absolute atomic E-state index is 14.0. The fraction of sp³-hybridized carbons (Fsp3) is 0.477. The van der Waals surface area contributed by atoms with Gasteiger partial charge in [-0.1, -0.05) is 61.2 Å². The Kier molecular flexibility index (Phi) is 13.0. The molecule has 12 nitrogen and oxygen atoms in total. The van der Waals surface area contributed by atoms with Crippen LogP contribution in [0.5, 0.6) is 11.5 Å². The predicted molar refractivity (Wildman–Crippen MR) is 221 cm³/mol. The van der Waals surface area contributed by atoms with Crippen LogP contribution in [0.25, 0.3) is 10.9 Å². The monoisotopic (exact) mass is 799 g/mol. The van der Waals surface area contributed by atoms with E-state index in [1.165, 1.54) is 12.1 Å². The van der Waals surface area contributed by atoms with Crippen molar-refractivity contribution in [3.05, 3.63) is 98.3 Å². The maximum Gasteiger partial charge on any atom is 0.316 e. The number of aromatic hydroxyl groups is 1. The first-order valence-corrected chi connectivity index (χ1v) is 20.6. The zero-order chi connectivity index (χ0) is 39.9. The largest absolute Gasteiger partial charge is 0.506 e. The lowest BCUT2D eigenvalue weighted by molar-refractivity contribution is -0.167. The van der Waals surface area contributed by atoms with Crippen LogP contribution >= 0.6 is 11.6 Å². The smallest absolute Gasteiger partial charge is 0.316 e. The summed E-state index contributed by atoms with van der Waals surface area (Å²) >= 11 is 6.62. The molecule has 8 rings (SSSR count). The molecule has 4 heterocycles. The van der Waals surface area contributed by atoms with Gasteiger partial charge in [0.25, 0.3) is 0 Å². The van der Waals surface area contributed by atoms with E-state index in [4.69, 9.17) is 21.1 Å². The fourth-order valence-corrected chi connectivity index (χ4v) is 9.16. The number of benzene rings is 3. The number of aliphatic hydroxyl groups excluding tert-OH is 1. The van der Waals surface area contributed by atoms with Gasteiger partial charge >= 0.3 is 5.97 Å². The van der Waals surface area contributed by atoms with E-state index in [0.717, 1.165) is 94.1 Å². The lowest BCUT2D eigenvalue weighted by Crippen LogP contribution is -2.53. The number of carbonyl (C=O) groups excluding carboxylic acids is 2.